The molecule has 0 atom stereocenters. The lowest BCUT2D eigenvalue weighted by atomic mass is 10.0. The second kappa shape index (κ2) is 7.00. The van der Waals surface area contributed by atoms with E-state index in [2.05, 4.69) is 37.1 Å². The highest BCUT2D eigenvalue weighted by Crippen LogP contribution is 2.32. The summed E-state index contributed by atoms with van der Waals surface area (Å²) in [5.74, 6) is 5.85. The van der Waals surface area contributed by atoms with Crippen LogP contribution in [0.3, 0.4) is 0 Å². The summed E-state index contributed by atoms with van der Waals surface area (Å²) < 4.78 is 13.8. The largest absolute Gasteiger partial charge is 0.355 e. The second-order valence-corrected chi connectivity index (χ2v) is 10.1. The molecule has 0 aliphatic carbocycles. The summed E-state index contributed by atoms with van der Waals surface area (Å²) >= 11 is 0. The number of aromatic amines is 1. The van der Waals surface area contributed by atoms with E-state index in [1.54, 1.807) is 16.9 Å². The van der Waals surface area contributed by atoms with Crippen LogP contribution in [0.4, 0.5) is 5.82 Å². The molecule has 1 N–H and O–H groups in total. The van der Waals surface area contributed by atoms with Crippen molar-refractivity contribution in [3.8, 4) is 28.3 Å². The van der Waals surface area contributed by atoms with E-state index in [1.807, 2.05) is 36.8 Å². The summed E-state index contributed by atoms with van der Waals surface area (Å²) in [6, 6.07) is 8.22. The molecular formula is C21H19N7OS. The van der Waals surface area contributed by atoms with Gasteiger partial charge in [0.2, 0.25) is 0 Å². The van der Waals surface area contributed by atoms with Gasteiger partial charge in [-0.05, 0) is 33.6 Å². The van der Waals surface area contributed by atoms with Gasteiger partial charge in [0.05, 0.1) is 23.5 Å². The Bertz CT molecular complexity index is 1350. The molecule has 150 valence electrons. The predicted molar refractivity (Wildman–Crippen MR) is 118 cm³/mol. The number of pyridine rings is 2. The molecule has 5 rings (SSSR count). The number of fused-ring (bicyclic) bond motifs is 1. The minimum absolute atomic E-state index is 0.508. The predicted octanol–water partition coefficient (Wildman–Crippen LogP) is 2.19. The van der Waals surface area contributed by atoms with Crippen LogP contribution in [0, 0.1) is 11.3 Å². The zero-order chi connectivity index (χ0) is 20.7. The van der Waals surface area contributed by atoms with Crippen molar-refractivity contribution in [3.63, 3.8) is 0 Å². The number of nitriles is 1. The highest BCUT2D eigenvalue weighted by atomic mass is 32.2. The fourth-order valence-electron chi connectivity index (χ4n) is 3.72. The summed E-state index contributed by atoms with van der Waals surface area (Å²) in [7, 11) is -1.94. The smallest absolute Gasteiger partial charge is 0.128 e. The standard InChI is InChI=1S/C21H19N7OS/c1-30(29)6-4-27(5-7-30)20-3-2-15(10-23-20)19-8-16(18-11-24-25-12-18)14-28-21(19)17(9-22)13-26-28/h2-3,8,10-14H,1,4-7H2,(H,24,25). The molecule has 4 aromatic rings. The Kier molecular flexibility index (Phi) is 4.29. The highest BCUT2D eigenvalue weighted by molar-refractivity contribution is 8.00. The van der Waals surface area contributed by atoms with Crippen molar-refractivity contribution in [1.29, 1.82) is 5.26 Å². The molecule has 0 spiro atoms. The topological polar surface area (TPSA) is 103 Å². The average molecular weight is 417 g/mol. The Balaban J connectivity index is 1.57. The molecule has 30 heavy (non-hydrogen) atoms. The summed E-state index contributed by atoms with van der Waals surface area (Å²) in [6.45, 7) is 1.38. The molecule has 0 radical (unpaired) electrons. The zero-order valence-corrected chi connectivity index (χ0v) is 17.0. The number of nitrogens with zero attached hydrogens (tertiary/aromatic N) is 6. The van der Waals surface area contributed by atoms with Gasteiger partial charge in [-0.3, -0.25) is 9.31 Å². The molecule has 1 aliphatic heterocycles. The Morgan fingerprint density at radius 3 is 2.63 bits per heavy atom. The molecule has 0 aromatic carbocycles. The third kappa shape index (κ3) is 3.21. The van der Waals surface area contributed by atoms with Crippen molar-refractivity contribution in [1.82, 2.24) is 24.8 Å². The van der Waals surface area contributed by atoms with E-state index in [1.165, 1.54) is 0 Å². The number of anilines is 1. The quantitative estimate of drug-likeness (QED) is 0.513. The van der Waals surface area contributed by atoms with Gasteiger partial charge in [-0.25, -0.2) is 9.50 Å². The molecule has 1 aliphatic rings. The van der Waals surface area contributed by atoms with Crippen LogP contribution >= 0.6 is 0 Å². The summed E-state index contributed by atoms with van der Waals surface area (Å²) in [4.78, 5) is 6.78. The van der Waals surface area contributed by atoms with Crippen LogP contribution in [-0.4, -0.2) is 59.5 Å². The van der Waals surface area contributed by atoms with Gasteiger partial charge in [0.15, 0.2) is 0 Å². The van der Waals surface area contributed by atoms with Crippen molar-refractivity contribution >= 4 is 26.7 Å². The first-order valence-corrected chi connectivity index (χ1v) is 11.6. The first-order valence-electron chi connectivity index (χ1n) is 9.49. The minimum atomic E-state index is -1.94. The van der Waals surface area contributed by atoms with E-state index in [4.69, 9.17) is 0 Å². The van der Waals surface area contributed by atoms with Crippen molar-refractivity contribution in [2.75, 3.05) is 29.5 Å². The van der Waals surface area contributed by atoms with Crippen molar-refractivity contribution in [2.45, 2.75) is 0 Å². The number of hydrogen-bond donors (Lipinski definition) is 1. The monoisotopic (exact) mass is 417 g/mol. The number of hydrogen-bond acceptors (Lipinski definition) is 6. The van der Waals surface area contributed by atoms with Gasteiger partial charge in [-0.1, -0.05) is 0 Å². The Labute approximate surface area is 173 Å². The van der Waals surface area contributed by atoms with E-state index in [-0.39, 0.29) is 0 Å². The molecule has 4 aromatic heterocycles. The van der Waals surface area contributed by atoms with E-state index < -0.39 is 9.52 Å². The van der Waals surface area contributed by atoms with E-state index in [0.717, 1.165) is 33.6 Å². The Hall–Kier alpha value is -3.64. The lowest BCUT2D eigenvalue weighted by molar-refractivity contribution is 0.670. The number of H-pyrrole nitrogens is 1. The molecule has 0 saturated carbocycles. The van der Waals surface area contributed by atoms with Gasteiger partial charge in [-0.15, -0.1) is 0 Å². The number of aromatic nitrogens is 5. The van der Waals surface area contributed by atoms with E-state index in [0.29, 0.717) is 30.2 Å². The van der Waals surface area contributed by atoms with Crippen LogP contribution in [0.15, 0.2) is 49.2 Å². The van der Waals surface area contributed by atoms with Crippen molar-refractivity contribution < 1.29 is 4.21 Å². The Morgan fingerprint density at radius 1 is 1.13 bits per heavy atom. The maximum atomic E-state index is 12.1. The average Bonchev–Trinajstić information content (AvgIpc) is 3.43. The van der Waals surface area contributed by atoms with E-state index >= 15 is 0 Å². The minimum Gasteiger partial charge on any atom is -0.355 e. The van der Waals surface area contributed by atoms with Gasteiger partial charge < -0.3 is 4.90 Å². The molecule has 8 nitrogen and oxygen atoms in total. The second-order valence-electron chi connectivity index (χ2n) is 7.36. The van der Waals surface area contributed by atoms with Crippen molar-refractivity contribution in [2.24, 2.45) is 0 Å². The van der Waals surface area contributed by atoms with Crippen LogP contribution in [0.2, 0.25) is 0 Å². The number of rotatable bonds is 3. The van der Waals surface area contributed by atoms with Crippen LogP contribution in [0.1, 0.15) is 5.56 Å². The fourth-order valence-corrected chi connectivity index (χ4v) is 5.03. The molecule has 0 bridgehead atoms. The summed E-state index contributed by atoms with van der Waals surface area (Å²) in [6.07, 6.45) is 8.84. The fraction of sp³-hybridized carbons (Fsp3) is 0.190. The summed E-state index contributed by atoms with van der Waals surface area (Å²) in [5.41, 5.74) is 4.89. The summed E-state index contributed by atoms with van der Waals surface area (Å²) in [5, 5.41) is 20.7. The molecule has 9 heteroatoms. The van der Waals surface area contributed by atoms with Crippen LogP contribution in [-0.2, 0) is 9.52 Å². The first kappa shape index (κ1) is 18.4. The molecule has 0 unspecified atom stereocenters. The van der Waals surface area contributed by atoms with E-state index in [9.17, 15) is 9.47 Å². The normalized spacial score (nSPS) is 15.9. The maximum absolute atomic E-state index is 12.1. The van der Waals surface area contributed by atoms with Gasteiger partial charge in [-0.2, -0.15) is 15.5 Å². The first-order chi connectivity index (χ1) is 14.5. The maximum Gasteiger partial charge on any atom is 0.128 e. The molecule has 0 amide bonds. The zero-order valence-electron chi connectivity index (χ0n) is 16.2. The van der Waals surface area contributed by atoms with Crippen molar-refractivity contribution in [3.05, 3.63) is 54.7 Å². The van der Waals surface area contributed by atoms with Crippen LogP contribution < -0.4 is 4.90 Å². The van der Waals surface area contributed by atoms with Gasteiger partial charge >= 0.3 is 0 Å². The molecule has 1 fully saturated rings. The lowest BCUT2D eigenvalue weighted by Crippen LogP contribution is -2.40. The SMILES string of the molecule is C=S1(=O)CCN(c2ccc(-c3cc(-c4cn[nH]c4)cn4ncc(C#N)c34)cn2)CC1. The lowest BCUT2D eigenvalue weighted by Gasteiger charge is -2.29. The third-order valence-corrected chi connectivity index (χ3v) is 7.27. The molecule has 5 heterocycles. The van der Waals surface area contributed by atoms with Gasteiger partial charge in [0, 0.05) is 65.4 Å². The van der Waals surface area contributed by atoms with Gasteiger partial charge in [0.1, 0.15) is 11.9 Å². The number of nitrogens with one attached hydrogen (secondary N) is 1. The molecule has 1 saturated heterocycles. The highest BCUT2D eigenvalue weighted by Gasteiger charge is 2.19. The molecular weight excluding hydrogens is 398 g/mol. The Morgan fingerprint density at radius 2 is 1.97 bits per heavy atom. The van der Waals surface area contributed by atoms with Crippen LogP contribution in [0.25, 0.3) is 27.8 Å². The van der Waals surface area contributed by atoms with Gasteiger partial charge in [0.25, 0.3) is 0 Å². The van der Waals surface area contributed by atoms with Crippen LogP contribution in [0.5, 0.6) is 0 Å². The third-order valence-electron chi connectivity index (χ3n) is 5.41.